The maximum atomic E-state index is 5.25. The third-order valence-corrected chi connectivity index (χ3v) is 2.20. The molecule has 0 aromatic heterocycles. The van der Waals surface area contributed by atoms with E-state index in [2.05, 4.69) is 29.4 Å². The van der Waals surface area contributed by atoms with Crippen molar-refractivity contribution in [1.82, 2.24) is 0 Å². The van der Waals surface area contributed by atoms with Crippen LogP contribution in [0.15, 0.2) is 29.3 Å². The fraction of sp³-hybridized carbons (Fsp3) is 0.364. The fourth-order valence-electron chi connectivity index (χ4n) is 1.36. The SMILES string of the molecule is CCc1ccc(NC2=NCCO2)cc1. The summed E-state index contributed by atoms with van der Waals surface area (Å²) in [5, 5.41) is 3.12. The minimum absolute atomic E-state index is 0.634. The van der Waals surface area contributed by atoms with Crippen LogP contribution in [-0.4, -0.2) is 19.2 Å². The quantitative estimate of drug-likeness (QED) is 0.774. The van der Waals surface area contributed by atoms with Gasteiger partial charge < -0.3 is 10.1 Å². The molecule has 0 aliphatic carbocycles. The first kappa shape index (κ1) is 9.06. The van der Waals surface area contributed by atoms with Gasteiger partial charge in [-0.15, -0.1) is 0 Å². The zero-order chi connectivity index (χ0) is 9.80. The average molecular weight is 190 g/mol. The van der Waals surface area contributed by atoms with Crippen LogP contribution in [0.3, 0.4) is 0 Å². The summed E-state index contributed by atoms with van der Waals surface area (Å²) in [6.07, 6.45) is 1.07. The second-order valence-corrected chi connectivity index (χ2v) is 3.21. The highest BCUT2D eigenvalue weighted by Gasteiger charge is 2.06. The highest BCUT2D eigenvalue weighted by atomic mass is 16.5. The molecule has 1 aromatic rings. The first-order valence-corrected chi connectivity index (χ1v) is 4.91. The van der Waals surface area contributed by atoms with E-state index in [1.54, 1.807) is 0 Å². The van der Waals surface area contributed by atoms with Crippen LogP contribution in [0.25, 0.3) is 0 Å². The highest BCUT2D eigenvalue weighted by Crippen LogP contribution is 2.10. The number of aliphatic imine (C=N–C) groups is 1. The highest BCUT2D eigenvalue weighted by molar-refractivity contribution is 5.89. The van der Waals surface area contributed by atoms with E-state index in [-0.39, 0.29) is 0 Å². The minimum Gasteiger partial charge on any atom is -0.463 e. The number of benzene rings is 1. The predicted octanol–water partition coefficient (Wildman–Crippen LogP) is 2.05. The van der Waals surface area contributed by atoms with Crippen molar-refractivity contribution in [2.24, 2.45) is 4.99 Å². The normalized spacial score (nSPS) is 14.8. The molecular formula is C11H14N2O. The molecule has 0 amide bonds. The largest absolute Gasteiger partial charge is 0.463 e. The fourth-order valence-corrected chi connectivity index (χ4v) is 1.36. The second-order valence-electron chi connectivity index (χ2n) is 3.21. The van der Waals surface area contributed by atoms with E-state index < -0.39 is 0 Å². The molecule has 0 atom stereocenters. The molecule has 2 rings (SSSR count). The minimum atomic E-state index is 0.634. The number of hydrogen-bond donors (Lipinski definition) is 1. The molecule has 14 heavy (non-hydrogen) atoms. The molecular weight excluding hydrogens is 176 g/mol. The zero-order valence-electron chi connectivity index (χ0n) is 8.29. The van der Waals surface area contributed by atoms with Crippen LogP contribution in [0.2, 0.25) is 0 Å². The lowest BCUT2D eigenvalue weighted by Crippen LogP contribution is -2.11. The number of nitrogens with zero attached hydrogens (tertiary/aromatic N) is 1. The average Bonchev–Trinajstić information content (AvgIpc) is 2.72. The van der Waals surface area contributed by atoms with Crippen LogP contribution in [0, 0.1) is 0 Å². The maximum absolute atomic E-state index is 5.25. The molecule has 0 bridgehead atoms. The summed E-state index contributed by atoms with van der Waals surface area (Å²) in [5.41, 5.74) is 2.37. The molecule has 3 nitrogen and oxygen atoms in total. The molecule has 0 radical (unpaired) electrons. The van der Waals surface area contributed by atoms with E-state index in [0.29, 0.717) is 12.6 Å². The van der Waals surface area contributed by atoms with Crippen molar-refractivity contribution in [2.45, 2.75) is 13.3 Å². The van der Waals surface area contributed by atoms with Gasteiger partial charge in [0.05, 0.1) is 6.54 Å². The Morgan fingerprint density at radius 1 is 1.36 bits per heavy atom. The monoisotopic (exact) mass is 190 g/mol. The smallest absolute Gasteiger partial charge is 0.289 e. The molecule has 1 heterocycles. The van der Waals surface area contributed by atoms with Crippen LogP contribution in [-0.2, 0) is 11.2 Å². The summed E-state index contributed by atoms with van der Waals surface area (Å²) in [5.74, 6) is 0. The standard InChI is InChI=1S/C11H14N2O/c1-2-9-3-5-10(6-4-9)13-11-12-7-8-14-11/h3-6H,2,7-8H2,1H3,(H,12,13). The van der Waals surface area contributed by atoms with E-state index in [1.165, 1.54) is 5.56 Å². The number of ether oxygens (including phenoxy) is 1. The molecule has 0 fully saturated rings. The molecule has 1 aliphatic heterocycles. The maximum Gasteiger partial charge on any atom is 0.289 e. The third kappa shape index (κ3) is 2.05. The predicted molar refractivity (Wildman–Crippen MR) is 57.7 cm³/mol. The number of anilines is 1. The van der Waals surface area contributed by atoms with Crippen molar-refractivity contribution < 1.29 is 4.74 Å². The molecule has 0 unspecified atom stereocenters. The number of hydrogen-bond acceptors (Lipinski definition) is 3. The van der Waals surface area contributed by atoms with E-state index >= 15 is 0 Å². The summed E-state index contributed by atoms with van der Waals surface area (Å²) in [6.45, 7) is 3.59. The van der Waals surface area contributed by atoms with E-state index in [9.17, 15) is 0 Å². The lowest BCUT2D eigenvalue weighted by Gasteiger charge is -2.05. The van der Waals surface area contributed by atoms with Crippen molar-refractivity contribution in [3.05, 3.63) is 29.8 Å². The summed E-state index contributed by atoms with van der Waals surface area (Å²) < 4.78 is 5.25. The van der Waals surface area contributed by atoms with Crippen molar-refractivity contribution >= 4 is 11.7 Å². The topological polar surface area (TPSA) is 33.6 Å². The third-order valence-electron chi connectivity index (χ3n) is 2.20. The van der Waals surface area contributed by atoms with Gasteiger partial charge in [-0.1, -0.05) is 19.1 Å². The first-order valence-electron chi connectivity index (χ1n) is 4.91. The number of rotatable bonds is 2. The van der Waals surface area contributed by atoms with Crippen molar-refractivity contribution in [2.75, 3.05) is 18.5 Å². The Bertz CT molecular complexity index is 330. The first-order chi connectivity index (χ1) is 6.88. The van der Waals surface area contributed by atoms with Gasteiger partial charge in [0.1, 0.15) is 6.61 Å². The van der Waals surface area contributed by atoms with Crippen LogP contribution in [0.1, 0.15) is 12.5 Å². The Morgan fingerprint density at radius 2 is 2.14 bits per heavy atom. The van der Waals surface area contributed by atoms with Gasteiger partial charge in [-0.05, 0) is 24.1 Å². The zero-order valence-corrected chi connectivity index (χ0v) is 8.29. The van der Waals surface area contributed by atoms with Gasteiger partial charge in [-0.25, -0.2) is 4.99 Å². The van der Waals surface area contributed by atoms with Crippen molar-refractivity contribution in [3.63, 3.8) is 0 Å². The Hall–Kier alpha value is -1.51. The summed E-state index contributed by atoms with van der Waals surface area (Å²) >= 11 is 0. The van der Waals surface area contributed by atoms with Crippen LogP contribution in [0.4, 0.5) is 5.69 Å². The Morgan fingerprint density at radius 3 is 2.71 bits per heavy atom. The molecule has 0 saturated heterocycles. The Kier molecular flexibility index (Phi) is 2.68. The number of amidine groups is 1. The van der Waals surface area contributed by atoms with E-state index in [4.69, 9.17) is 4.74 Å². The van der Waals surface area contributed by atoms with Crippen LogP contribution < -0.4 is 5.32 Å². The Labute approximate surface area is 83.8 Å². The molecule has 0 spiro atoms. The van der Waals surface area contributed by atoms with Crippen molar-refractivity contribution in [1.29, 1.82) is 0 Å². The van der Waals surface area contributed by atoms with Gasteiger partial charge in [-0.2, -0.15) is 0 Å². The molecule has 74 valence electrons. The molecule has 0 saturated carbocycles. The van der Waals surface area contributed by atoms with Crippen LogP contribution in [0.5, 0.6) is 0 Å². The Balaban J connectivity index is 2.02. The molecule has 1 aromatic carbocycles. The summed E-state index contributed by atoms with van der Waals surface area (Å²) in [7, 11) is 0. The number of aryl methyl sites for hydroxylation is 1. The lowest BCUT2D eigenvalue weighted by atomic mass is 10.1. The van der Waals surface area contributed by atoms with E-state index in [1.807, 2.05) is 12.1 Å². The van der Waals surface area contributed by atoms with Gasteiger partial charge in [0.15, 0.2) is 0 Å². The molecule has 3 heteroatoms. The lowest BCUT2D eigenvalue weighted by molar-refractivity contribution is 0.346. The van der Waals surface area contributed by atoms with Gasteiger partial charge in [-0.3, -0.25) is 0 Å². The van der Waals surface area contributed by atoms with Gasteiger partial charge in [0.2, 0.25) is 0 Å². The molecule has 1 N–H and O–H groups in total. The summed E-state index contributed by atoms with van der Waals surface area (Å²) in [6, 6.07) is 8.94. The van der Waals surface area contributed by atoms with E-state index in [0.717, 1.165) is 18.7 Å². The number of nitrogens with one attached hydrogen (secondary N) is 1. The summed E-state index contributed by atoms with van der Waals surface area (Å²) in [4.78, 5) is 4.16. The van der Waals surface area contributed by atoms with Gasteiger partial charge >= 0.3 is 0 Å². The molecule has 1 aliphatic rings. The van der Waals surface area contributed by atoms with Crippen molar-refractivity contribution in [3.8, 4) is 0 Å². The second kappa shape index (κ2) is 4.13. The van der Waals surface area contributed by atoms with Crippen LogP contribution >= 0.6 is 0 Å². The van der Waals surface area contributed by atoms with Gasteiger partial charge in [0, 0.05) is 5.69 Å². The van der Waals surface area contributed by atoms with Gasteiger partial charge in [0.25, 0.3) is 6.02 Å².